The number of hydrogen-bond acceptors (Lipinski definition) is 6. The molecule has 0 aliphatic rings. The Hall–Kier alpha value is -2.58. The SMILES string of the molecule is CCN(CC)CCCC(C)NC(=O)CCCSc1nnc(-c2ccco2)n1-c1ccccc1C. The van der Waals surface area contributed by atoms with Gasteiger partial charge in [-0.05, 0) is 76.5 Å². The predicted molar refractivity (Wildman–Crippen MR) is 138 cm³/mol. The summed E-state index contributed by atoms with van der Waals surface area (Å²) in [6, 6.07) is 12.1. The van der Waals surface area contributed by atoms with E-state index in [0.717, 1.165) is 61.1 Å². The molecule has 0 saturated carbocycles. The summed E-state index contributed by atoms with van der Waals surface area (Å²) in [5.74, 6) is 2.26. The minimum Gasteiger partial charge on any atom is -0.461 e. The van der Waals surface area contributed by atoms with Crippen molar-refractivity contribution in [1.82, 2.24) is 25.0 Å². The van der Waals surface area contributed by atoms with Crippen LogP contribution in [-0.2, 0) is 4.79 Å². The van der Waals surface area contributed by atoms with Crippen molar-refractivity contribution in [3.05, 3.63) is 48.2 Å². The van der Waals surface area contributed by atoms with Crippen LogP contribution in [-0.4, -0.2) is 57.0 Å². The van der Waals surface area contributed by atoms with Crippen molar-refractivity contribution in [2.75, 3.05) is 25.4 Å². The fourth-order valence-corrected chi connectivity index (χ4v) is 4.82. The first-order chi connectivity index (χ1) is 16.5. The van der Waals surface area contributed by atoms with Crippen molar-refractivity contribution in [3.63, 3.8) is 0 Å². The quantitative estimate of drug-likeness (QED) is 0.247. The summed E-state index contributed by atoms with van der Waals surface area (Å²) in [6.07, 6.45) is 5.04. The predicted octanol–water partition coefficient (Wildman–Crippen LogP) is 5.33. The van der Waals surface area contributed by atoms with E-state index in [2.05, 4.69) is 60.2 Å². The number of nitrogens with one attached hydrogen (secondary N) is 1. The third kappa shape index (κ3) is 7.21. The summed E-state index contributed by atoms with van der Waals surface area (Å²) in [7, 11) is 0. The number of nitrogens with zero attached hydrogens (tertiary/aromatic N) is 4. The fraction of sp³-hybridized carbons (Fsp3) is 0.500. The highest BCUT2D eigenvalue weighted by Crippen LogP contribution is 2.30. The number of rotatable bonds is 14. The summed E-state index contributed by atoms with van der Waals surface area (Å²) < 4.78 is 7.63. The van der Waals surface area contributed by atoms with Crippen LogP contribution in [0.1, 0.15) is 52.0 Å². The molecular weight excluding hydrogens is 446 g/mol. The number of carbonyl (C=O) groups is 1. The van der Waals surface area contributed by atoms with Crippen LogP contribution in [0.15, 0.2) is 52.2 Å². The highest BCUT2D eigenvalue weighted by molar-refractivity contribution is 7.99. The fourth-order valence-electron chi connectivity index (χ4n) is 3.94. The molecule has 1 amide bonds. The summed E-state index contributed by atoms with van der Waals surface area (Å²) >= 11 is 1.61. The second-order valence-electron chi connectivity index (χ2n) is 8.50. The van der Waals surface area contributed by atoms with Crippen LogP contribution in [0, 0.1) is 6.92 Å². The number of aryl methyl sites for hydroxylation is 1. The summed E-state index contributed by atoms with van der Waals surface area (Å²) in [6.45, 7) is 11.8. The molecule has 3 aromatic rings. The molecule has 2 heterocycles. The first-order valence-corrected chi connectivity index (χ1v) is 13.2. The van der Waals surface area contributed by atoms with Gasteiger partial charge in [-0.3, -0.25) is 9.36 Å². The molecule has 34 heavy (non-hydrogen) atoms. The maximum atomic E-state index is 12.4. The molecule has 0 spiro atoms. The molecule has 0 fully saturated rings. The van der Waals surface area contributed by atoms with Gasteiger partial charge in [0.05, 0.1) is 12.0 Å². The maximum Gasteiger partial charge on any atom is 0.220 e. The molecule has 0 bridgehead atoms. The van der Waals surface area contributed by atoms with Crippen LogP contribution in [0.5, 0.6) is 0 Å². The number of aromatic nitrogens is 3. The highest BCUT2D eigenvalue weighted by Gasteiger charge is 2.19. The molecule has 184 valence electrons. The average molecular weight is 484 g/mol. The third-order valence-electron chi connectivity index (χ3n) is 5.92. The zero-order chi connectivity index (χ0) is 24.3. The summed E-state index contributed by atoms with van der Waals surface area (Å²) in [5.41, 5.74) is 2.16. The normalized spacial score (nSPS) is 12.3. The van der Waals surface area contributed by atoms with Gasteiger partial charge in [0, 0.05) is 18.2 Å². The smallest absolute Gasteiger partial charge is 0.220 e. The topological polar surface area (TPSA) is 76.2 Å². The van der Waals surface area contributed by atoms with Gasteiger partial charge in [0.1, 0.15) is 0 Å². The second-order valence-corrected chi connectivity index (χ2v) is 9.56. The van der Waals surface area contributed by atoms with Crippen molar-refractivity contribution >= 4 is 17.7 Å². The van der Waals surface area contributed by atoms with Crippen LogP contribution in [0.3, 0.4) is 0 Å². The van der Waals surface area contributed by atoms with E-state index in [0.29, 0.717) is 18.0 Å². The second kappa shape index (κ2) is 13.3. The molecule has 0 aliphatic heterocycles. The highest BCUT2D eigenvalue weighted by atomic mass is 32.2. The minimum absolute atomic E-state index is 0.118. The van der Waals surface area contributed by atoms with Crippen molar-refractivity contribution in [2.24, 2.45) is 0 Å². The molecule has 8 heteroatoms. The molecular formula is C26H37N5O2S. The zero-order valence-electron chi connectivity index (χ0n) is 20.8. The van der Waals surface area contributed by atoms with Gasteiger partial charge in [0.15, 0.2) is 10.9 Å². The Balaban J connectivity index is 1.51. The van der Waals surface area contributed by atoms with Crippen molar-refractivity contribution in [3.8, 4) is 17.3 Å². The lowest BCUT2D eigenvalue weighted by atomic mass is 10.1. The van der Waals surface area contributed by atoms with Gasteiger partial charge < -0.3 is 14.6 Å². The Bertz CT molecular complexity index is 1010. The van der Waals surface area contributed by atoms with Crippen LogP contribution in [0.2, 0.25) is 0 Å². The van der Waals surface area contributed by atoms with E-state index in [1.165, 1.54) is 0 Å². The van der Waals surface area contributed by atoms with Crippen molar-refractivity contribution < 1.29 is 9.21 Å². The lowest BCUT2D eigenvalue weighted by Gasteiger charge is -2.19. The number of benzene rings is 1. The van der Waals surface area contributed by atoms with E-state index in [1.54, 1.807) is 18.0 Å². The number of furan rings is 1. The van der Waals surface area contributed by atoms with Crippen molar-refractivity contribution in [1.29, 1.82) is 0 Å². The van der Waals surface area contributed by atoms with E-state index < -0.39 is 0 Å². The monoisotopic (exact) mass is 483 g/mol. The van der Waals surface area contributed by atoms with Gasteiger partial charge in [0.25, 0.3) is 0 Å². The van der Waals surface area contributed by atoms with Gasteiger partial charge in [0.2, 0.25) is 11.7 Å². The molecule has 2 aromatic heterocycles. The molecule has 1 atom stereocenters. The Labute approximate surface area is 207 Å². The molecule has 0 aliphatic carbocycles. The van der Waals surface area contributed by atoms with Crippen LogP contribution >= 0.6 is 11.8 Å². The standard InChI is InChI=1S/C26H37N5O2S/c1-5-30(6-2)17-9-13-21(4)27-24(32)16-11-19-34-26-29-28-25(23-15-10-18-33-23)31(26)22-14-8-7-12-20(22)3/h7-8,10,12,14-15,18,21H,5-6,9,11,13,16-17,19H2,1-4H3,(H,27,32). The van der Waals surface area contributed by atoms with E-state index in [4.69, 9.17) is 4.42 Å². The van der Waals surface area contributed by atoms with E-state index in [9.17, 15) is 4.79 Å². The molecule has 1 N–H and O–H groups in total. The first kappa shape index (κ1) is 26.0. The third-order valence-corrected chi connectivity index (χ3v) is 6.94. The first-order valence-electron chi connectivity index (χ1n) is 12.2. The lowest BCUT2D eigenvalue weighted by Crippen LogP contribution is -2.33. The average Bonchev–Trinajstić information content (AvgIpc) is 3.50. The number of thioether (sulfide) groups is 1. The molecule has 0 radical (unpaired) electrons. The zero-order valence-corrected chi connectivity index (χ0v) is 21.6. The Kier molecular flexibility index (Phi) is 10.2. The molecule has 0 saturated heterocycles. The van der Waals surface area contributed by atoms with Gasteiger partial charge in [-0.25, -0.2) is 0 Å². The molecule has 1 unspecified atom stereocenters. The Morgan fingerprint density at radius 3 is 2.65 bits per heavy atom. The summed E-state index contributed by atoms with van der Waals surface area (Å²) in [5, 5.41) is 12.8. The lowest BCUT2D eigenvalue weighted by molar-refractivity contribution is -0.121. The van der Waals surface area contributed by atoms with E-state index >= 15 is 0 Å². The van der Waals surface area contributed by atoms with E-state index in [1.807, 2.05) is 28.8 Å². The minimum atomic E-state index is 0.118. The number of para-hydroxylation sites is 1. The Morgan fingerprint density at radius 2 is 1.94 bits per heavy atom. The number of carbonyl (C=O) groups excluding carboxylic acids is 1. The van der Waals surface area contributed by atoms with Gasteiger partial charge >= 0.3 is 0 Å². The van der Waals surface area contributed by atoms with Crippen LogP contribution in [0.4, 0.5) is 0 Å². The van der Waals surface area contributed by atoms with Gasteiger partial charge in [-0.2, -0.15) is 0 Å². The van der Waals surface area contributed by atoms with E-state index in [-0.39, 0.29) is 11.9 Å². The number of hydrogen-bond donors (Lipinski definition) is 1. The summed E-state index contributed by atoms with van der Waals surface area (Å²) in [4.78, 5) is 14.8. The van der Waals surface area contributed by atoms with Gasteiger partial charge in [-0.1, -0.05) is 43.8 Å². The molecule has 3 rings (SSSR count). The largest absolute Gasteiger partial charge is 0.461 e. The molecule has 1 aromatic carbocycles. The van der Waals surface area contributed by atoms with Gasteiger partial charge in [-0.15, -0.1) is 10.2 Å². The van der Waals surface area contributed by atoms with Crippen molar-refractivity contribution in [2.45, 2.75) is 64.6 Å². The maximum absolute atomic E-state index is 12.4. The number of amides is 1. The molecule has 7 nitrogen and oxygen atoms in total. The van der Waals surface area contributed by atoms with Crippen LogP contribution < -0.4 is 5.32 Å². The Morgan fingerprint density at radius 1 is 1.15 bits per heavy atom. The van der Waals surface area contributed by atoms with Crippen LogP contribution in [0.25, 0.3) is 17.3 Å².